The second-order valence-electron chi connectivity index (χ2n) is 2.22. The number of rotatable bonds is 5. The number of aliphatic imine (C=N–C) groups is 1. The first kappa shape index (κ1) is 10.4. The van der Waals surface area contributed by atoms with Gasteiger partial charge in [-0.3, -0.25) is 9.79 Å². The summed E-state index contributed by atoms with van der Waals surface area (Å²) >= 11 is 3.67. The van der Waals surface area contributed by atoms with Crippen LogP contribution in [0.5, 0.6) is 0 Å². The highest BCUT2D eigenvalue weighted by Gasteiger charge is 1.97. The fraction of sp³-hybridized carbons (Fsp3) is 0.500. The van der Waals surface area contributed by atoms with Gasteiger partial charge in [0.15, 0.2) is 5.12 Å². The topological polar surface area (TPSA) is 29.4 Å². The van der Waals surface area contributed by atoms with Crippen LogP contribution in [0.3, 0.4) is 0 Å². The van der Waals surface area contributed by atoms with Crippen molar-refractivity contribution in [2.24, 2.45) is 4.99 Å². The minimum Gasteiger partial charge on any atom is -0.287 e. The first-order chi connectivity index (χ1) is 5.20. The Bertz CT molecular complexity index is 175. The van der Waals surface area contributed by atoms with Crippen LogP contribution in [0.1, 0.15) is 26.2 Å². The van der Waals surface area contributed by atoms with Crippen LogP contribution in [0.25, 0.3) is 0 Å². The SMILES string of the molecule is C=N/C=C(\CC)CCC(=O)S. The third-order valence-corrected chi connectivity index (χ3v) is 1.61. The summed E-state index contributed by atoms with van der Waals surface area (Å²) in [6.45, 7) is 5.37. The van der Waals surface area contributed by atoms with Crippen molar-refractivity contribution in [2.45, 2.75) is 26.2 Å². The second kappa shape index (κ2) is 6.16. The van der Waals surface area contributed by atoms with Gasteiger partial charge in [0.1, 0.15) is 0 Å². The molecule has 0 bridgehead atoms. The van der Waals surface area contributed by atoms with Crippen molar-refractivity contribution in [3.63, 3.8) is 0 Å². The number of nitrogens with zero attached hydrogens (tertiary/aromatic N) is 1. The van der Waals surface area contributed by atoms with E-state index in [9.17, 15) is 4.79 Å². The number of carbonyl (C=O) groups is 1. The van der Waals surface area contributed by atoms with Crippen molar-refractivity contribution in [1.29, 1.82) is 0 Å². The predicted octanol–water partition coefficient (Wildman–Crippen LogP) is 2.22. The van der Waals surface area contributed by atoms with Gasteiger partial charge in [-0.15, -0.1) is 12.6 Å². The van der Waals surface area contributed by atoms with Crippen LogP contribution in [-0.2, 0) is 4.79 Å². The lowest BCUT2D eigenvalue weighted by molar-refractivity contribution is -0.110. The van der Waals surface area contributed by atoms with E-state index < -0.39 is 0 Å². The third kappa shape index (κ3) is 5.85. The Balaban J connectivity index is 3.79. The fourth-order valence-corrected chi connectivity index (χ4v) is 0.841. The van der Waals surface area contributed by atoms with Gasteiger partial charge in [-0.05, 0) is 19.6 Å². The maximum absolute atomic E-state index is 10.5. The Morgan fingerprint density at radius 2 is 2.27 bits per heavy atom. The molecule has 62 valence electrons. The molecule has 11 heavy (non-hydrogen) atoms. The van der Waals surface area contributed by atoms with E-state index in [1.54, 1.807) is 6.20 Å². The molecule has 0 unspecified atom stereocenters. The van der Waals surface area contributed by atoms with E-state index in [0.29, 0.717) is 6.42 Å². The molecule has 0 rings (SSSR count). The summed E-state index contributed by atoms with van der Waals surface area (Å²) in [4.78, 5) is 14.1. The average molecular weight is 171 g/mol. The van der Waals surface area contributed by atoms with Gasteiger partial charge < -0.3 is 0 Å². The first-order valence-electron chi connectivity index (χ1n) is 3.56. The molecule has 0 amide bonds. The van der Waals surface area contributed by atoms with Crippen LogP contribution in [0.4, 0.5) is 0 Å². The smallest absolute Gasteiger partial charge is 0.186 e. The van der Waals surface area contributed by atoms with Gasteiger partial charge in [-0.25, -0.2) is 0 Å². The van der Waals surface area contributed by atoms with E-state index in [0.717, 1.165) is 18.4 Å². The minimum atomic E-state index is -0.0755. The highest BCUT2D eigenvalue weighted by Crippen LogP contribution is 2.10. The van der Waals surface area contributed by atoms with Crippen molar-refractivity contribution in [3.8, 4) is 0 Å². The molecule has 0 saturated carbocycles. The maximum Gasteiger partial charge on any atom is 0.186 e. The van der Waals surface area contributed by atoms with E-state index in [2.05, 4.69) is 24.3 Å². The third-order valence-electron chi connectivity index (χ3n) is 1.39. The lowest BCUT2D eigenvalue weighted by Gasteiger charge is -1.98. The summed E-state index contributed by atoms with van der Waals surface area (Å²) in [7, 11) is 0. The first-order valence-corrected chi connectivity index (χ1v) is 4.01. The van der Waals surface area contributed by atoms with Crippen molar-refractivity contribution < 1.29 is 4.79 Å². The molecule has 0 aliphatic rings. The predicted molar refractivity (Wildman–Crippen MR) is 51.2 cm³/mol. The number of hydrogen-bond acceptors (Lipinski definition) is 2. The molecule has 3 heteroatoms. The van der Waals surface area contributed by atoms with Gasteiger partial charge in [-0.2, -0.15) is 0 Å². The highest BCUT2D eigenvalue weighted by atomic mass is 32.1. The molecule has 0 saturated heterocycles. The molecular formula is C8H13NOS. The van der Waals surface area contributed by atoms with E-state index >= 15 is 0 Å². The molecule has 0 spiro atoms. The van der Waals surface area contributed by atoms with Crippen molar-refractivity contribution in [2.75, 3.05) is 0 Å². The molecule has 0 atom stereocenters. The lowest BCUT2D eigenvalue weighted by atomic mass is 10.1. The quantitative estimate of drug-likeness (QED) is 0.499. The molecule has 0 aromatic carbocycles. The molecule has 0 aliphatic heterocycles. The van der Waals surface area contributed by atoms with Crippen LogP contribution in [-0.4, -0.2) is 11.8 Å². The van der Waals surface area contributed by atoms with Gasteiger partial charge >= 0.3 is 0 Å². The van der Waals surface area contributed by atoms with Gasteiger partial charge in [0.05, 0.1) is 0 Å². The van der Waals surface area contributed by atoms with Gasteiger partial charge in [-0.1, -0.05) is 12.5 Å². The average Bonchev–Trinajstić information content (AvgIpc) is 1.97. The number of hydrogen-bond donors (Lipinski definition) is 1. The summed E-state index contributed by atoms with van der Waals surface area (Å²) in [6.07, 6.45) is 3.85. The maximum atomic E-state index is 10.5. The number of thiol groups is 1. The van der Waals surface area contributed by atoms with Gasteiger partial charge in [0, 0.05) is 12.6 Å². The zero-order valence-electron chi connectivity index (χ0n) is 6.71. The number of carbonyl (C=O) groups excluding carboxylic acids is 1. The zero-order chi connectivity index (χ0) is 8.69. The molecule has 0 aliphatic carbocycles. The van der Waals surface area contributed by atoms with E-state index in [4.69, 9.17) is 0 Å². The zero-order valence-corrected chi connectivity index (χ0v) is 7.60. The minimum absolute atomic E-state index is 0.0755. The van der Waals surface area contributed by atoms with Crippen LogP contribution < -0.4 is 0 Å². The van der Waals surface area contributed by atoms with Crippen molar-refractivity contribution >= 4 is 24.5 Å². The van der Waals surface area contributed by atoms with Crippen molar-refractivity contribution in [1.82, 2.24) is 0 Å². The summed E-state index contributed by atoms with van der Waals surface area (Å²) in [5.74, 6) is 0. The van der Waals surface area contributed by atoms with E-state index in [1.807, 2.05) is 6.92 Å². The van der Waals surface area contributed by atoms with Gasteiger partial charge in [0.2, 0.25) is 0 Å². The lowest BCUT2D eigenvalue weighted by Crippen LogP contribution is -1.88. The summed E-state index contributed by atoms with van der Waals surface area (Å²) in [5.41, 5.74) is 1.14. The normalized spacial score (nSPS) is 11.3. The summed E-state index contributed by atoms with van der Waals surface area (Å²) < 4.78 is 0. The molecule has 0 heterocycles. The Morgan fingerprint density at radius 3 is 2.64 bits per heavy atom. The largest absolute Gasteiger partial charge is 0.287 e. The molecule has 0 N–H and O–H groups in total. The second-order valence-corrected chi connectivity index (χ2v) is 2.72. The monoisotopic (exact) mass is 171 g/mol. The molecule has 0 aromatic rings. The van der Waals surface area contributed by atoms with Crippen molar-refractivity contribution in [3.05, 3.63) is 11.8 Å². The van der Waals surface area contributed by atoms with Crippen LogP contribution in [0.2, 0.25) is 0 Å². The van der Waals surface area contributed by atoms with Crippen LogP contribution in [0.15, 0.2) is 16.8 Å². The summed E-state index contributed by atoms with van der Waals surface area (Å²) in [5, 5.41) is -0.0755. The Morgan fingerprint density at radius 1 is 1.64 bits per heavy atom. The van der Waals surface area contributed by atoms with Gasteiger partial charge in [0.25, 0.3) is 0 Å². The standard InChI is InChI=1S/C8H13NOS/c1-3-7(6-9-2)4-5-8(10)11/h6H,2-5H2,1H3,(H,10,11)/b7-6+. The molecule has 0 aromatic heterocycles. The Labute approximate surface area is 72.8 Å². The fourth-order valence-electron chi connectivity index (χ4n) is 0.729. The molecule has 0 fully saturated rings. The Kier molecular flexibility index (Phi) is 5.84. The molecule has 0 radical (unpaired) electrons. The molecule has 2 nitrogen and oxygen atoms in total. The Hall–Kier alpha value is -0.570. The molecular weight excluding hydrogens is 158 g/mol. The van der Waals surface area contributed by atoms with Crippen LogP contribution in [0, 0.1) is 0 Å². The van der Waals surface area contributed by atoms with E-state index in [-0.39, 0.29) is 5.12 Å². The highest BCUT2D eigenvalue weighted by molar-refractivity contribution is 7.96. The van der Waals surface area contributed by atoms with E-state index in [1.165, 1.54) is 0 Å². The summed E-state index contributed by atoms with van der Waals surface area (Å²) in [6, 6.07) is 0. The number of allylic oxidation sites excluding steroid dienone is 1. The van der Waals surface area contributed by atoms with Crippen LogP contribution >= 0.6 is 12.6 Å².